The second-order valence-electron chi connectivity index (χ2n) is 4.53. The van der Waals surface area contributed by atoms with Crippen LogP contribution >= 0.6 is 12.4 Å². The van der Waals surface area contributed by atoms with E-state index in [1.165, 1.54) is 12.7 Å². The number of carbonyl (C=O) groups is 1. The molecule has 0 radical (unpaired) electrons. The average Bonchev–Trinajstić information content (AvgIpc) is 2.47. The van der Waals surface area contributed by atoms with Gasteiger partial charge in [-0.05, 0) is 36.5 Å². The van der Waals surface area contributed by atoms with Gasteiger partial charge in [-0.2, -0.15) is 0 Å². The number of methoxy groups -OCH3 is 2. The van der Waals surface area contributed by atoms with Gasteiger partial charge < -0.3 is 14.8 Å². The maximum absolute atomic E-state index is 11.4. The lowest BCUT2D eigenvalue weighted by Crippen LogP contribution is -2.43. The summed E-state index contributed by atoms with van der Waals surface area (Å²) in [4.78, 5) is 11.4. The predicted molar refractivity (Wildman–Crippen MR) is 76.0 cm³/mol. The van der Waals surface area contributed by atoms with Gasteiger partial charge in [0.2, 0.25) is 0 Å². The molecular weight excluding hydrogens is 266 g/mol. The summed E-state index contributed by atoms with van der Waals surface area (Å²) in [6.07, 6.45) is 1.82. The second-order valence-corrected chi connectivity index (χ2v) is 4.53. The summed E-state index contributed by atoms with van der Waals surface area (Å²) in [5, 5.41) is 3.24. The Morgan fingerprint density at radius 1 is 1.21 bits per heavy atom. The van der Waals surface area contributed by atoms with Crippen LogP contribution in [-0.4, -0.2) is 32.8 Å². The van der Waals surface area contributed by atoms with Gasteiger partial charge in [0.1, 0.15) is 11.8 Å². The second kappa shape index (κ2) is 7.36. The van der Waals surface area contributed by atoms with Crippen LogP contribution < -0.4 is 10.1 Å². The van der Waals surface area contributed by atoms with E-state index < -0.39 is 0 Å². The Hall–Kier alpha value is -1.26. The molecule has 19 heavy (non-hydrogen) atoms. The standard InChI is InChI=1S/C14H19NO3.ClH/c1-17-12-6-3-10(4-7-12)11-5-8-13(15-9-11)14(16)18-2;/h3-4,6-7,11,13,15H,5,8-9H2,1-2H3;1H. The summed E-state index contributed by atoms with van der Waals surface area (Å²) >= 11 is 0. The summed E-state index contributed by atoms with van der Waals surface area (Å²) in [5.41, 5.74) is 1.28. The molecule has 1 aliphatic heterocycles. The van der Waals surface area contributed by atoms with Gasteiger partial charge in [0, 0.05) is 6.54 Å². The first-order valence-electron chi connectivity index (χ1n) is 6.19. The fraction of sp³-hybridized carbons (Fsp3) is 0.500. The van der Waals surface area contributed by atoms with Crippen LogP contribution in [0.1, 0.15) is 24.3 Å². The lowest BCUT2D eigenvalue weighted by molar-refractivity contribution is -0.143. The van der Waals surface area contributed by atoms with Crippen LogP contribution in [0.3, 0.4) is 0 Å². The number of piperidine rings is 1. The van der Waals surface area contributed by atoms with Crippen LogP contribution in [-0.2, 0) is 9.53 Å². The Bertz CT molecular complexity index is 400. The SMILES string of the molecule is COC(=O)C1CCC(c2ccc(OC)cc2)CN1.Cl. The third kappa shape index (κ3) is 3.85. The Labute approximate surface area is 119 Å². The van der Waals surface area contributed by atoms with Crippen molar-refractivity contribution >= 4 is 18.4 Å². The summed E-state index contributed by atoms with van der Waals surface area (Å²) in [6.45, 7) is 0.812. The maximum Gasteiger partial charge on any atom is 0.322 e. The van der Waals surface area contributed by atoms with Crippen molar-refractivity contribution in [3.05, 3.63) is 29.8 Å². The van der Waals surface area contributed by atoms with Crippen LogP contribution in [0.4, 0.5) is 0 Å². The normalized spacial score (nSPS) is 22.2. The van der Waals surface area contributed by atoms with E-state index in [9.17, 15) is 4.79 Å². The van der Waals surface area contributed by atoms with Gasteiger partial charge in [0.25, 0.3) is 0 Å². The smallest absolute Gasteiger partial charge is 0.322 e. The molecule has 1 heterocycles. The largest absolute Gasteiger partial charge is 0.497 e. The molecule has 2 atom stereocenters. The molecule has 0 aromatic heterocycles. The van der Waals surface area contributed by atoms with Gasteiger partial charge in [0.05, 0.1) is 14.2 Å². The van der Waals surface area contributed by atoms with Gasteiger partial charge in [-0.25, -0.2) is 0 Å². The van der Waals surface area contributed by atoms with Gasteiger partial charge in [-0.3, -0.25) is 4.79 Å². The minimum Gasteiger partial charge on any atom is -0.497 e. The minimum atomic E-state index is -0.164. The first-order chi connectivity index (χ1) is 8.74. The Balaban J connectivity index is 0.00000180. The number of hydrogen-bond acceptors (Lipinski definition) is 4. The number of halogens is 1. The highest BCUT2D eigenvalue weighted by Gasteiger charge is 2.26. The molecule has 0 saturated carbocycles. The molecule has 1 aromatic carbocycles. The number of esters is 1. The summed E-state index contributed by atoms with van der Waals surface area (Å²) in [6, 6.07) is 7.97. The van der Waals surface area contributed by atoms with E-state index in [1.54, 1.807) is 7.11 Å². The van der Waals surface area contributed by atoms with Crippen molar-refractivity contribution in [3.63, 3.8) is 0 Å². The molecule has 1 fully saturated rings. The number of nitrogens with one attached hydrogen (secondary N) is 1. The molecule has 4 nitrogen and oxygen atoms in total. The van der Waals surface area contributed by atoms with Crippen LogP contribution in [0.25, 0.3) is 0 Å². The van der Waals surface area contributed by atoms with E-state index in [2.05, 4.69) is 17.4 Å². The van der Waals surface area contributed by atoms with Gasteiger partial charge in [-0.1, -0.05) is 12.1 Å². The molecule has 5 heteroatoms. The average molecular weight is 286 g/mol. The zero-order chi connectivity index (χ0) is 13.0. The first kappa shape index (κ1) is 15.8. The highest BCUT2D eigenvalue weighted by atomic mass is 35.5. The van der Waals surface area contributed by atoms with Crippen molar-refractivity contribution < 1.29 is 14.3 Å². The lowest BCUT2D eigenvalue weighted by Gasteiger charge is -2.28. The molecule has 106 valence electrons. The zero-order valence-corrected chi connectivity index (χ0v) is 12.0. The summed E-state index contributed by atoms with van der Waals surface area (Å²) in [5.74, 6) is 1.16. The third-order valence-corrected chi connectivity index (χ3v) is 3.49. The molecule has 0 amide bonds. The molecule has 0 bridgehead atoms. The molecule has 1 aromatic rings. The van der Waals surface area contributed by atoms with Gasteiger partial charge in [0.15, 0.2) is 0 Å². The molecule has 2 unspecified atom stereocenters. The van der Waals surface area contributed by atoms with Crippen molar-refractivity contribution in [3.8, 4) is 5.75 Å². The number of rotatable bonds is 3. The van der Waals surface area contributed by atoms with Crippen molar-refractivity contribution in [2.45, 2.75) is 24.8 Å². The molecular formula is C14H20ClNO3. The quantitative estimate of drug-likeness (QED) is 0.865. The fourth-order valence-corrected chi connectivity index (χ4v) is 2.36. The zero-order valence-electron chi connectivity index (χ0n) is 11.2. The number of carbonyl (C=O) groups excluding carboxylic acids is 1. The number of ether oxygens (including phenoxy) is 2. The van der Waals surface area contributed by atoms with E-state index in [1.807, 2.05) is 12.1 Å². The topological polar surface area (TPSA) is 47.6 Å². The fourth-order valence-electron chi connectivity index (χ4n) is 2.36. The van der Waals surface area contributed by atoms with Gasteiger partial charge >= 0.3 is 5.97 Å². The van der Waals surface area contributed by atoms with Crippen LogP contribution in [0, 0.1) is 0 Å². The van der Waals surface area contributed by atoms with E-state index in [-0.39, 0.29) is 24.4 Å². The van der Waals surface area contributed by atoms with Crippen molar-refractivity contribution in [2.75, 3.05) is 20.8 Å². The predicted octanol–water partition coefficient (Wildman–Crippen LogP) is 2.13. The first-order valence-corrected chi connectivity index (χ1v) is 6.19. The van der Waals surface area contributed by atoms with E-state index >= 15 is 0 Å². The molecule has 2 rings (SSSR count). The summed E-state index contributed by atoms with van der Waals surface area (Å²) in [7, 11) is 3.09. The lowest BCUT2D eigenvalue weighted by atomic mass is 9.89. The minimum absolute atomic E-state index is 0. The Kier molecular flexibility index (Phi) is 6.12. The molecule has 1 aliphatic rings. The van der Waals surface area contributed by atoms with Crippen molar-refractivity contribution in [1.82, 2.24) is 5.32 Å². The Morgan fingerprint density at radius 3 is 2.37 bits per heavy atom. The Morgan fingerprint density at radius 2 is 1.89 bits per heavy atom. The molecule has 1 N–H and O–H groups in total. The third-order valence-electron chi connectivity index (χ3n) is 3.49. The number of benzene rings is 1. The highest BCUT2D eigenvalue weighted by molar-refractivity contribution is 5.85. The van der Waals surface area contributed by atoms with E-state index in [0.717, 1.165) is 25.1 Å². The monoisotopic (exact) mass is 285 g/mol. The maximum atomic E-state index is 11.4. The van der Waals surface area contributed by atoms with Crippen LogP contribution in [0.15, 0.2) is 24.3 Å². The van der Waals surface area contributed by atoms with E-state index in [0.29, 0.717) is 5.92 Å². The van der Waals surface area contributed by atoms with Gasteiger partial charge in [-0.15, -0.1) is 12.4 Å². The van der Waals surface area contributed by atoms with Crippen LogP contribution in [0.5, 0.6) is 5.75 Å². The molecule has 0 spiro atoms. The highest BCUT2D eigenvalue weighted by Crippen LogP contribution is 2.26. The van der Waals surface area contributed by atoms with Crippen LogP contribution in [0.2, 0.25) is 0 Å². The molecule has 0 aliphatic carbocycles. The van der Waals surface area contributed by atoms with E-state index in [4.69, 9.17) is 9.47 Å². The van der Waals surface area contributed by atoms with Crippen molar-refractivity contribution in [2.24, 2.45) is 0 Å². The number of hydrogen-bond donors (Lipinski definition) is 1. The summed E-state index contributed by atoms with van der Waals surface area (Å²) < 4.78 is 9.89. The molecule has 1 saturated heterocycles. The van der Waals surface area contributed by atoms with Crippen molar-refractivity contribution in [1.29, 1.82) is 0 Å².